The summed E-state index contributed by atoms with van der Waals surface area (Å²) in [7, 11) is 0. The van der Waals surface area contributed by atoms with Crippen LogP contribution in [0, 0.1) is 10.1 Å². The van der Waals surface area contributed by atoms with E-state index >= 15 is 0 Å². The molecule has 0 aliphatic rings. The first-order chi connectivity index (χ1) is 9.20. The van der Waals surface area contributed by atoms with Crippen LogP contribution >= 0.6 is 12.2 Å². The van der Waals surface area contributed by atoms with Gasteiger partial charge < -0.3 is 0 Å². The van der Waals surface area contributed by atoms with Gasteiger partial charge >= 0.3 is 0 Å². The number of nitro groups is 1. The molecule has 0 aliphatic heterocycles. The lowest BCUT2D eigenvalue weighted by Gasteiger charge is -2.02. The fraction of sp³-hybridized carbons (Fsp3) is 0.0714. The lowest BCUT2D eigenvalue weighted by Crippen LogP contribution is -1.87. The Morgan fingerprint density at radius 3 is 2.05 bits per heavy atom. The van der Waals surface area contributed by atoms with Crippen LogP contribution < -0.4 is 0 Å². The summed E-state index contributed by atoms with van der Waals surface area (Å²) in [5, 5.41) is 12.9. The first-order valence-electron chi connectivity index (χ1n) is 5.58. The molecule has 0 radical (unpaired) electrons. The molecule has 0 saturated heterocycles. The number of benzene rings is 2. The minimum Gasteiger partial charge on any atom is -0.258 e. The van der Waals surface area contributed by atoms with E-state index < -0.39 is 4.92 Å². The minimum absolute atomic E-state index is 0.0932. The van der Waals surface area contributed by atoms with Crippen molar-refractivity contribution in [3.63, 3.8) is 0 Å². The molecule has 0 atom stereocenters. The van der Waals surface area contributed by atoms with Crippen LogP contribution in [0.2, 0.25) is 0 Å². The molecule has 2 aromatic carbocycles. The Morgan fingerprint density at radius 2 is 1.58 bits per heavy atom. The summed E-state index contributed by atoms with van der Waals surface area (Å²) in [5.74, 6) is 0. The Kier molecular flexibility index (Phi) is 4.13. The van der Waals surface area contributed by atoms with Crippen LogP contribution in [0.25, 0.3) is 11.1 Å². The quantitative estimate of drug-likeness (QED) is 0.367. The second kappa shape index (κ2) is 6.00. The predicted molar refractivity (Wildman–Crippen MR) is 77.3 cm³/mol. The van der Waals surface area contributed by atoms with Crippen molar-refractivity contribution in [1.29, 1.82) is 0 Å². The van der Waals surface area contributed by atoms with Crippen LogP contribution in [0.5, 0.6) is 0 Å². The van der Waals surface area contributed by atoms with Crippen molar-refractivity contribution in [1.82, 2.24) is 0 Å². The maximum absolute atomic E-state index is 10.6. The van der Waals surface area contributed by atoms with Crippen LogP contribution in [-0.2, 0) is 6.54 Å². The van der Waals surface area contributed by atoms with Crippen molar-refractivity contribution >= 4 is 23.1 Å². The summed E-state index contributed by atoms with van der Waals surface area (Å²) < 4.78 is 0. The van der Waals surface area contributed by atoms with Gasteiger partial charge in [-0.15, -0.1) is 0 Å². The first kappa shape index (κ1) is 13.1. The normalized spacial score (nSPS) is 9.68. The lowest BCUT2D eigenvalue weighted by atomic mass is 10.0. The highest BCUT2D eigenvalue weighted by atomic mass is 32.1. The third-order valence-corrected chi connectivity index (χ3v) is 2.82. The Morgan fingerprint density at radius 1 is 1.05 bits per heavy atom. The standard InChI is InChI=1S/C14H10N2O2S/c17-16(18)14-7-5-13(6-8-14)12-3-1-11(2-4-12)9-15-10-19/h1-8H,9H2. The second-order valence-corrected chi connectivity index (χ2v) is 4.09. The van der Waals surface area contributed by atoms with E-state index in [0.717, 1.165) is 16.7 Å². The van der Waals surface area contributed by atoms with Crippen LogP contribution in [0.1, 0.15) is 5.56 Å². The zero-order chi connectivity index (χ0) is 13.7. The van der Waals surface area contributed by atoms with E-state index in [1.807, 2.05) is 24.3 Å². The van der Waals surface area contributed by atoms with Crippen LogP contribution in [-0.4, -0.2) is 10.1 Å². The fourth-order valence-corrected chi connectivity index (χ4v) is 1.77. The zero-order valence-corrected chi connectivity index (χ0v) is 10.8. The van der Waals surface area contributed by atoms with Crippen LogP contribution in [0.4, 0.5) is 5.69 Å². The number of hydrogen-bond donors (Lipinski definition) is 0. The Bertz CT molecular complexity index is 630. The highest BCUT2D eigenvalue weighted by Gasteiger charge is 2.04. The Balaban J connectivity index is 2.21. The Hall–Kier alpha value is -2.36. The molecule has 0 amide bonds. The zero-order valence-electron chi connectivity index (χ0n) is 9.95. The van der Waals surface area contributed by atoms with Gasteiger partial charge in [0.05, 0.1) is 16.6 Å². The molecular weight excluding hydrogens is 260 g/mol. The smallest absolute Gasteiger partial charge is 0.258 e. The second-order valence-electron chi connectivity index (χ2n) is 3.91. The number of nitro benzene ring substituents is 1. The van der Waals surface area contributed by atoms with E-state index in [-0.39, 0.29) is 5.69 Å². The molecule has 0 fully saturated rings. The molecule has 0 bridgehead atoms. The molecule has 0 unspecified atom stereocenters. The van der Waals surface area contributed by atoms with Gasteiger partial charge in [-0.3, -0.25) is 10.1 Å². The lowest BCUT2D eigenvalue weighted by molar-refractivity contribution is -0.384. The topological polar surface area (TPSA) is 55.5 Å². The molecule has 4 nitrogen and oxygen atoms in total. The third-order valence-electron chi connectivity index (χ3n) is 2.69. The number of rotatable bonds is 4. The number of isothiocyanates is 1. The maximum atomic E-state index is 10.6. The van der Waals surface area contributed by atoms with Gasteiger partial charge in [-0.05, 0) is 41.0 Å². The van der Waals surface area contributed by atoms with Gasteiger partial charge in [-0.1, -0.05) is 24.3 Å². The van der Waals surface area contributed by atoms with Crippen LogP contribution in [0.15, 0.2) is 53.5 Å². The molecule has 0 aromatic heterocycles. The number of nitrogens with zero attached hydrogens (tertiary/aromatic N) is 2. The molecule has 0 spiro atoms. The largest absolute Gasteiger partial charge is 0.269 e. The van der Waals surface area contributed by atoms with Gasteiger partial charge in [0, 0.05) is 12.1 Å². The number of thiocarbonyl (C=S) groups is 1. The van der Waals surface area contributed by atoms with Gasteiger partial charge in [0.1, 0.15) is 0 Å². The van der Waals surface area contributed by atoms with Crippen molar-refractivity contribution in [2.45, 2.75) is 6.54 Å². The van der Waals surface area contributed by atoms with Crippen molar-refractivity contribution < 1.29 is 4.92 Å². The highest BCUT2D eigenvalue weighted by Crippen LogP contribution is 2.22. The molecule has 0 N–H and O–H groups in total. The average Bonchev–Trinajstić information content (AvgIpc) is 2.46. The number of hydrogen-bond acceptors (Lipinski definition) is 4. The number of aliphatic imine (C=N–C) groups is 1. The van der Waals surface area contributed by atoms with Crippen molar-refractivity contribution in [3.05, 3.63) is 64.2 Å². The van der Waals surface area contributed by atoms with Crippen LogP contribution in [0.3, 0.4) is 0 Å². The molecule has 0 aliphatic carbocycles. The van der Waals surface area contributed by atoms with Gasteiger partial charge in [-0.2, -0.15) is 0 Å². The van der Waals surface area contributed by atoms with Crippen molar-refractivity contribution in [2.75, 3.05) is 0 Å². The predicted octanol–water partition coefficient (Wildman–Crippen LogP) is 3.86. The summed E-state index contributed by atoms with van der Waals surface area (Å²) >= 11 is 4.52. The van der Waals surface area contributed by atoms with Gasteiger partial charge in [-0.25, -0.2) is 4.99 Å². The van der Waals surface area contributed by atoms with E-state index in [9.17, 15) is 10.1 Å². The fourth-order valence-electron chi connectivity index (χ4n) is 1.70. The molecule has 5 heteroatoms. The molecule has 19 heavy (non-hydrogen) atoms. The van der Waals surface area contributed by atoms with E-state index in [0.29, 0.717) is 6.54 Å². The molecule has 2 aromatic rings. The maximum Gasteiger partial charge on any atom is 0.269 e. The molecular formula is C14H10N2O2S. The SMILES string of the molecule is O=[N+]([O-])c1ccc(-c2ccc(CN=C=S)cc2)cc1. The van der Waals surface area contributed by atoms with Gasteiger partial charge in [0.15, 0.2) is 0 Å². The molecule has 0 saturated carbocycles. The van der Waals surface area contributed by atoms with Crippen molar-refractivity contribution in [3.8, 4) is 11.1 Å². The van der Waals surface area contributed by atoms with E-state index in [4.69, 9.17) is 0 Å². The number of non-ortho nitro benzene ring substituents is 1. The summed E-state index contributed by atoms with van der Waals surface area (Å²) in [6.07, 6.45) is 0. The molecule has 2 rings (SSSR count). The first-order valence-corrected chi connectivity index (χ1v) is 5.99. The third kappa shape index (κ3) is 3.31. The van der Waals surface area contributed by atoms with Crippen molar-refractivity contribution in [2.24, 2.45) is 4.99 Å². The minimum atomic E-state index is -0.407. The average molecular weight is 270 g/mol. The Labute approximate surface area is 115 Å². The monoisotopic (exact) mass is 270 g/mol. The molecule has 94 valence electrons. The summed E-state index contributed by atoms with van der Waals surface area (Å²) in [6, 6.07) is 14.3. The summed E-state index contributed by atoms with van der Waals surface area (Å²) in [5.41, 5.74) is 3.08. The van der Waals surface area contributed by atoms with Gasteiger partial charge in [0.25, 0.3) is 5.69 Å². The molecule has 0 heterocycles. The van der Waals surface area contributed by atoms with E-state index in [1.54, 1.807) is 12.1 Å². The highest BCUT2D eigenvalue weighted by molar-refractivity contribution is 7.78. The van der Waals surface area contributed by atoms with E-state index in [2.05, 4.69) is 22.4 Å². The summed E-state index contributed by atoms with van der Waals surface area (Å²) in [6.45, 7) is 0.518. The van der Waals surface area contributed by atoms with Gasteiger partial charge in [0.2, 0.25) is 0 Å². The summed E-state index contributed by atoms with van der Waals surface area (Å²) in [4.78, 5) is 14.0. The van der Waals surface area contributed by atoms with E-state index in [1.165, 1.54) is 12.1 Å².